The standard InChI is InChI=1S/C14H15FN2O3S.Na.H/c1-2-17-7-8(14(19)20)13(18)11-10(21-6-5-16)4-3-9(15)12(11)17;;/h3-4,7H,2,5-6,16H2,1H3,(H,19,20);;. The predicted octanol–water partition coefficient (Wildman–Crippen LogP) is 1.26. The fraction of sp³-hybridized carbons (Fsp3) is 0.286. The molecule has 2 rings (SSSR count). The number of hydrogen-bond donors (Lipinski definition) is 2. The van der Waals surface area contributed by atoms with Crippen LogP contribution >= 0.6 is 11.8 Å². The van der Waals surface area contributed by atoms with E-state index >= 15 is 0 Å². The van der Waals surface area contributed by atoms with E-state index in [-0.39, 0.29) is 46.0 Å². The Morgan fingerprint density at radius 1 is 1.45 bits per heavy atom. The van der Waals surface area contributed by atoms with Crippen molar-refractivity contribution in [2.75, 3.05) is 12.3 Å². The van der Waals surface area contributed by atoms with Crippen molar-refractivity contribution in [1.82, 2.24) is 4.57 Å². The van der Waals surface area contributed by atoms with Crippen LogP contribution in [0.15, 0.2) is 28.0 Å². The van der Waals surface area contributed by atoms with Crippen molar-refractivity contribution >= 4 is 58.2 Å². The number of benzene rings is 1. The van der Waals surface area contributed by atoms with E-state index in [9.17, 15) is 14.0 Å². The number of fused-ring (bicyclic) bond motifs is 1. The van der Waals surface area contributed by atoms with E-state index in [1.807, 2.05) is 0 Å². The minimum atomic E-state index is -1.32. The summed E-state index contributed by atoms with van der Waals surface area (Å²) in [4.78, 5) is 24.1. The molecule has 0 atom stereocenters. The number of aromatic nitrogens is 1. The van der Waals surface area contributed by atoms with Gasteiger partial charge >= 0.3 is 35.5 Å². The molecule has 0 unspecified atom stereocenters. The summed E-state index contributed by atoms with van der Waals surface area (Å²) in [6.07, 6.45) is 1.19. The summed E-state index contributed by atoms with van der Waals surface area (Å²) in [7, 11) is 0. The Morgan fingerprint density at radius 3 is 2.68 bits per heavy atom. The van der Waals surface area contributed by atoms with Crippen LogP contribution in [-0.4, -0.2) is 57.5 Å². The number of carboxylic acid groups (broad SMARTS) is 1. The zero-order valence-corrected chi connectivity index (χ0v) is 12.2. The summed E-state index contributed by atoms with van der Waals surface area (Å²) >= 11 is 1.31. The number of hydrogen-bond acceptors (Lipinski definition) is 4. The maximum atomic E-state index is 14.1. The molecule has 0 aliphatic carbocycles. The second-order valence-electron chi connectivity index (χ2n) is 4.37. The number of carbonyl (C=O) groups is 1. The maximum absolute atomic E-state index is 14.1. The van der Waals surface area contributed by atoms with Gasteiger partial charge in [0.15, 0.2) is 0 Å². The van der Waals surface area contributed by atoms with E-state index in [2.05, 4.69) is 0 Å². The summed E-state index contributed by atoms with van der Waals surface area (Å²) in [5.74, 6) is -1.30. The second-order valence-corrected chi connectivity index (χ2v) is 5.51. The van der Waals surface area contributed by atoms with Gasteiger partial charge in [-0.05, 0) is 19.1 Å². The van der Waals surface area contributed by atoms with E-state index in [4.69, 9.17) is 10.8 Å². The van der Waals surface area contributed by atoms with Gasteiger partial charge in [0.05, 0.1) is 10.9 Å². The Labute approximate surface area is 153 Å². The Morgan fingerprint density at radius 2 is 2.14 bits per heavy atom. The predicted molar refractivity (Wildman–Crippen MR) is 87.7 cm³/mol. The first-order chi connectivity index (χ1) is 10.0. The van der Waals surface area contributed by atoms with Gasteiger partial charge in [0, 0.05) is 29.9 Å². The van der Waals surface area contributed by atoms with Crippen LogP contribution in [0.25, 0.3) is 10.9 Å². The van der Waals surface area contributed by atoms with Gasteiger partial charge in [0.2, 0.25) is 5.43 Å². The van der Waals surface area contributed by atoms with E-state index in [1.165, 1.54) is 34.7 Å². The van der Waals surface area contributed by atoms with Crippen molar-refractivity contribution in [1.29, 1.82) is 0 Å². The van der Waals surface area contributed by atoms with Crippen molar-refractivity contribution in [3.05, 3.63) is 39.9 Å². The Balaban J connectivity index is 0.00000242. The molecule has 114 valence electrons. The van der Waals surface area contributed by atoms with Crippen LogP contribution in [0.4, 0.5) is 4.39 Å². The number of halogens is 1. The topological polar surface area (TPSA) is 85.3 Å². The number of aryl methyl sites for hydroxylation is 1. The molecule has 22 heavy (non-hydrogen) atoms. The molecule has 0 spiro atoms. The molecule has 0 amide bonds. The van der Waals surface area contributed by atoms with E-state index in [1.54, 1.807) is 6.92 Å². The van der Waals surface area contributed by atoms with Crippen LogP contribution in [0.1, 0.15) is 17.3 Å². The number of nitrogens with zero attached hydrogens (tertiary/aromatic N) is 1. The van der Waals surface area contributed by atoms with Gasteiger partial charge in [0.1, 0.15) is 11.4 Å². The number of thioether (sulfide) groups is 1. The van der Waals surface area contributed by atoms with Crippen LogP contribution in [0.2, 0.25) is 0 Å². The molecule has 8 heteroatoms. The van der Waals surface area contributed by atoms with Gasteiger partial charge in [-0.2, -0.15) is 0 Å². The van der Waals surface area contributed by atoms with Crippen molar-refractivity contribution in [2.45, 2.75) is 18.4 Å². The molecule has 0 saturated heterocycles. The summed E-state index contributed by atoms with van der Waals surface area (Å²) in [5, 5.41) is 9.25. The van der Waals surface area contributed by atoms with Crippen LogP contribution in [-0.2, 0) is 6.54 Å². The van der Waals surface area contributed by atoms with E-state index in [0.717, 1.165) is 0 Å². The average Bonchev–Trinajstić information content (AvgIpc) is 2.46. The number of pyridine rings is 1. The molecule has 5 nitrogen and oxygen atoms in total. The molecule has 1 aromatic carbocycles. The monoisotopic (exact) mass is 334 g/mol. The Hall–Kier alpha value is -0.860. The molecule has 0 aliphatic heterocycles. The summed E-state index contributed by atoms with van der Waals surface area (Å²) < 4.78 is 15.6. The molecule has 1 heterocycles. The Kier molecular flexibility index (Phi) is 7.08. The molecule has 0 radical (unpaired) electrons. The van der Waals surface area contributed by atoms with E-state index < -0.39 is 17.2 Å². The minimum absolute atomic E-state index is 0. The average molecular weight is 334 g/mol. The quantitative estimate of drug-likeness (QED) is 0.635. The van der Waals surface area contributed by atoms with Crippen molar-refractivity contribution < 1.29 is 14.3 Å². The summed E-state index contributed by atoms with van der Waals surface area (Å²) in [6.45, 7) is 2.53. The van der Waals surface area contributed by atoms with Gasteiger partial charge in [-0.1, -0.05) is 0 Å². The third-order valence-electron chi connectivity index (χ3n) is 3.08. The molecule has 1 aromatic heterocycles. The fourth-order valence-electron chi connectivity index (χ4n) is 2.15. The second kappa shape index (κ2) is 8.12. The van der Waals surface area contributed by atoms with Gasteiger partial charge in [-0.15, -0.1) is 11.8 Å². The molecule has 2 aromatic rings. The van der Waals surface area contributed by atoms with Crippen LogP contribution in [0.3, 0.4) is 0 Å². The fourth-order valence-corrected chi connectivity index (χ4v) is 2.99. The first-order valence-corrected chi connectivity index (χ1v) is 7.41. The van der Waals surface area contributed by atoms with Gasteiger partial charge in [-0.3, -0.25) is 4.79 Å². The Bertz CT molecular complexity index is 764. The van der Waals surface area contributed by atoms with Crippen molar-refractivity contribution in [2.24, 2.45) is 5.73 Å². The third kappa shape index (κ3) is 3.55. The molecule has 0 fully saturated rings. The molecule has 0 aliphatic rings. The molecular formula is C14H16FN2NaO3S. The molecule has 3 N–H and O–H groups in total. The first-order valence-electron chi connectivity index (χ1n) is 6.43. The van der Waals surface area contributed by atoms with Crippen molar-refractivity contribution in [3.63, 3.8) is 0 Å². The third-order valence-corrected chi connectivity index (χ3v) is 4.17. The van der Waals surface area contributed by atoms with Gasteiger partial charge in [-0.25, -0.2) is 9.18 Å². The molecule has 0 bridgehead atoms. The number of carboxylic acids is 1. The molecule has 0 saturated carbocycles. The van der Waals surface area contributed by atoms with E-state index in [0.29, 0.717) is 23.7 Å². The van der Waals surface area contributed by atoms with Crippen LogP contribution in [0.5, 0.6) is 0 Å². The molecular weight excluding hydrogens is 318 g/mol. The number of aromatic carboxylic acids is 1. The van der Waals surface area contributed by atoms with Gasteiger partial charge < -0.3 is 15.4 Å². The zero-order valence-electron chi connectivity index (χ0n) is 11.4. The zero-order chi connectivity index (χ0) is 15.6. The summed E-state index contributed by atoms with van der Waals surface area (Å²) in [5.41, 5.74) is 4.56. The number of rotatable bonds is 5. The SMILES string of the molecule is CCn1cc(C(=O)O)c(=O)c2c(SCCN)ccc(F)c21.[NaH]. The number of nitrogens with two attached hydrogens (primary N) is 1. The van der Waals surface area contributed by atoms with Crippen molar-refractivity contribution in [3.8, 4) is 0 Å². The first kappa shape index (κ1) is 19.2. The van der Waals surface area contributed by atoms with Crippen LogP contribution in [0, 0.1) is 5.82 Å². The normalized spacial score (nSPS) is 10.5. The summed E-state index contributed by atoms with van der Waals surface area (Å²) in [6, 6.07) is 2.78. The van der Waals surface area contributed by atoms with Crippen LogP contribution < -0.4 is 11.2 Å². The van der Waals surface area contributed by atoms with Gasteiger partial charge in [0.25, 0.3) is 0 Å².